The first-order valence-electron chi connectivity index (χ1n) is 9.91. The summed E-state index contributed by atoms with van der Waals surface area (Å²) in [5.41, 5.74) is 1.71. The lowest BCUT2D eigenvalue weighted by molar-refractivity contribution is -0.126. The molecule has 0 aromatic heterocycles. The Morgan fingerprint density at radius 2 is 1.90 bits per heavy atom. The molecule has 7 nitrogen and oxygen atoms in total. The number of benzene rings is 2. The Bertz CT molecular complexity index is 887. The van der Waals surface area contributed by atoms with Gasteiger partial charge in [0.15, 0.2) is 11.5 Å². The number of hydrogen-bond acceptors (Lipinski definition) is 4. The van der Waals surface area contributed by atoms with E-state index in [9.17, 15) is 9.59 Å². The number of carbonyl (C=O) groups excluding carboxylic acids is 2. The van der Waals surface area contributed by atoms with Crippen molar-refractivity contribution in [2.24, 2.45) is 5.92 Å². The topological polar surface area (TPSA) is 79.9 Å². The smallest absolute Gasteiger partial charge is 0.321 e. The molecule has 2 atom stereocenters. The minimum absolute atomic E-state index is 0.0348. The minimum atomic E-state index is -0.221. The zero-order valence-corrected chi connectivity index (χ0v) is 16.4. The van der Waals surface area contributed by atoms with Crippen molar-refractivity contribution < 1.29 is 19.1 Å². The molecular weight excluding hydrogens is 370 g/mol. The van der Waals surface area contributed by atoms with Crippen LogP contribution in [-0.4, -0.2) is 36.7 Å². The van der Waals surface area contributed by atoms with Crippen LogP contribution in [0.3, 0.4) is 0 Å². The average Bonchev–Trinajstić information content (AvgIpc) is 3.22. The van der Waals surface area contributed by atoms with Crippen molar-refractivity contribution in [1.29, 1.82) is 0 Å². The third-order valence-corrected chi connectivity index (χ3v) is 5.36. The molecule has 29 heavy (non-hydrogen) atoms. The molecule has 0 bridgehead atoms. The zero-order chi connectivity index (χ0) is 20.2. The second kappa shape index (κ2) is 8.43. The van der Waals surface area contributed by atoms with Crippen molar-refractivity contribution in [2.75, 3.05) is 25.2 Å². The average molecular weight is 395 g/mol. The summed E-state index contributed by atoms with van der Waals surface area (Å²) in [6.07, 6.45) is 1.58. The van der Waals surface area contributed by atoms with Gasteiger partial charge in [-0.1, -0.05) is 24.3 Å². The molecule has 0 unspecified atom stereocenters. The Labute approximate surface area is 170 Å². The van der Waals surface area contributed by atoms with E-state index in [1.54, 1.807) is 4.90 Å². The maximum atomic E-state index is 12.8. The number of para-hydroxylation sites is 1. The molecule has 1 fully saturated rings. The fourth-order valence-corrected chi connectivity index (χ4v) is 3.70. The second-order valence-corrected chi connectivity index (χ2v) is 7.42. The molecule has 0 radical (unpaired) electrons. The number of rotatable bonds is 4. The Hall–Kier alpha value is -3.22. The third kappa shape index (κ3) is 4.45. The number of nitrogens with zero attached hydrogens (tertiary/aromatic N) is 1. The summed E-state index contributed by atoms with van der Waals surface area (Å²) >= 11 is 0. The number of carbonyl (C=O) groups is 2. The summed E-state index contributed by atoms with van der Waals surface area (Å²) in [7, 11) is 0. The van der Waals surface area contributed by atoms with Crippen molar-refractivity contribution in [2.45, 2.75) is 25.8 Å². The molecule has 2 heterocycles. The number of likely N-dealkylation sites (tertiary alicyclic amines) is 1. The van der Waals surface area contributed by atoms with Crippen LogP contribution < -0.4 is 20.1 Å². The van der Waals surface area contributed by atoms with Crippen LogP contribution in [0.25, 0.3) is 0 Å². The number of nitrogens with one attached hydrogen (secondary N) is 2. The van der Waals surface area contributed by atoms with E-state index >= 15 is 0 Å². The lowest BCUT2D eigenvalue weighted by atomic mass is 9.96. The molecule has 2 aromatic carbocycles. The highest BCUT2D eigenvalue weighted by Crippen LogP contribution is 2.34. The number of urea groups is 1. The maximum Gasteiger partial charge on any atom is 0.321 e. The number of anilines is 1. The highest BCUT2D eigenvalue weighted by Gasteiger charge is 2.29. The van der Waals surface area contributed by atoms with Crippen LogP contribution in [0.5, 0.6) is 11.5 Å². The SMILES string of the molecule is C[C@@H](NC(=O)[C@H]1CCCN(C(=O)Nc2ccccc2)C1)c1ccc2c(c1)OCO2. The van der Waals surface area contributed by atoms with E-state index in [0.717, 1.165) is 29.8 Å². The van der Waals surface area contributed by atoms with Gasteiger partial charge < -0.3 is 25.0 Å². The predicted molar refractivity (Wildman–Crippen MR) is 109 cm³/mol. The maximum absolute atomic E-state index is 12.8. The van der Waals surface area contributed by atoms with Gasteiger partial charge in [-0.2, -0.15) is 0 Å². The van der Waals surface area contributed by atoms with Gasteiger partial charge in [-0.25, -0.2) is 4.79 Å². The highest BCUT2D eigenvalue weighted by atomic mass is 16.7. The fourth-order valence-electron chi connectivity index (χ4n) is 3.70. The van der Waals surface area contributed by atoms with Gasteiger partial charge in [0.2, 0.25) is 12.7 Å². The van der Waals surface area contributed by atoms with Crippen molar-refractivity contribution in [1.82, 2.24) is 10.2 Å². The molecule has 3 amide bonds. The van der Waals surface area contributed by atoms with Gasteiger partial charge in [0, 0.05) is 18.8 Å². The van der Waals surface area contributed by atoms with E-state index in [1.165, 1.54) is 0 Å². The van der Waals surface area contributed by atoms with Crippen LogP contribution >= 0.6 is 0 Å². The van der Waals surface area contributed by atoms with Crippen LogP contribution in [0.1, 0.15) is 31.4 Å². The zero-order valence-electron chi connectivity index (χ0n) is 16.4. The number of amides is 3. The summed E-state index contributed by atoms with van der Waals surface area (Å²) in [6.45, 7) is 3.24. The van der Waals surface area contributed by atoms with Crippen molar-refractivity contribution in [3.63, 3.8) is 0 Å². The Kier molecular flexibility index (Phi) is 5.55. The first-order valence-corrected chi connectivity index (χ1v) is 9.91. The van der Waals surface area contributed by atoms with Gasteiger partial charge >= 0.3 is 6.03 Å². The largest absolute Gasteiger partial charge is 0.454 e. The van der Waals surface area contributed by atoms with Crippen LogP contribution in [0, 0.1) is 5.92 Å². The highest BCUT2D eigenvalue weighted by molar-refractivity contribution is 5.90. The number of piperidine rings is 1. The molecule has 152 valence electrons. The monoisotopic (exact) mass is 395 g/mol. The second-order valence-electron chi connectivity index (χ2n) is 7.42. The predicted octanol–water partition coefficient (Wildman–Crippen LogP) is 3.54. The summed E-state index contributed by atoms with van der Waals surface area (Å²) in [4.78, 5) is 27.1. The van der Waals surface area contributed by atoms with Gasteiger partial charge in [0.25, 0.3) is 0 Å². The van der Waals surface area contributed by atoms with E-state index < -0.39 is 0 Å². The molecule has 0 spiro atoms. The molecule has 2 aromatic rings. The quantitative estimate of drug-likeness (QED) is 0.830. The fraction of sp³-hybridized carbons (Fsp3) is 0.364. The van der Waals surface area contributed by atoms with Crippen LogP contribution in [-0.2, 0) is 4.79 Å². The normalized spacial score (nSPS) is 18.8. The van der Waals surface area contributed by atoms with Crippen molar-refractivity contribution >= 4 is 17.6 Å². The van der Waals surface area contributed by atoms with Gasteiger partial charge in [0.1, 0.15) is 0 Å². The third-order valence-electron chi connectivity index (χ3n) is 5.36. The standard InChI is InChI=1S/C22H25N3O4/c1-15(16-9-10-19-20(12-16)29-14-28-19)23-21(26)17-6-5-11-25(13-17)22(27)24-18-7-3-2-4-8-18/h2-4,7-10,12,15,17H,5-6,11,13-14H2,1H3,(H,23,26)(H,24,27)/t15-,17+/m1/s1. The number of ether oxygens (including phenoxy) is 2. The van der Waals surface area contributed by atoms with E-state index in [1.807, 2.05) is 55.5 Å². The Morgan fingerprint density at radius 3 is 2.72 bits per heavy atom. The minimum Gasteiger partial charge on any atom is -0.454 e. The molecule has 4 rings (SSSR count). The Balaban J connectivity index is 1.34. The van der Waals surface area contributed by atoms with E-state index in [2.05, 4.69) is 10.6 Å². The van der Waals surface area contributed by atoms with Crippen LogP contribution in [0.4, 0.5) is 10.5 Å². The van der Waals surface area contributed by atoms with Gasteiger partial charge in [-0.15, -0.1) is 0 Å². The summed E-state index contributed by atoms with van der Waals surface area (Å²) in [5, 5.41) is 5.96. The molecule has 0 aliphatic carbocycles. The molecule has 1 saturated heterocycles. The van der Waals surface area contributed by atoms with E-state index in [-0.39, 0.29) is 30.7 Å². The van der Waals surface area contributed by atoms with Crippen LogP contribution in [0.15, 0.2) is 48.5 Å². The number of fused-ring (bicyclic) bond motifs is 1. The molecule has 7 heteroatoms. The lowest BCUT2D eigenvalue weighted by Crippen LogP contribution is -2.47. The van der Waals surface area contributed by atoms with Crippen molar-refractivity contribution in [3.05, 3.63) is 54.1 Å². The first-order chi connectivity index (χ1) is 14.1. The molecule has 2 aliphatic rings. The number of hydrogen-bond donors (Lipinski definition) is 2. The van der Waals surface area contributed by atoms with Gasteiger partial charge in [0.05, 0.1) is 12.0 Å². The van der Waals surface area contributed by atoms with E-state index in [0.29, 0.717) is 18.8 Å². The van der Waals surface area contributed by atoms with Crippen molar-refractivity contribution in [3.8, 4) is 11.5 Å². The molecule has 2 N–H and O–H groups in total. The summed E-state index contributed by atoms with van der Waals surface area (Å²) < 4.78 is 10.7. The lowest BCUT2D eigenvalue weighted by Gasteiger charge is -2.32. The van der Waals surface area contributed by atoms with E-state index in [4.69, 9.17) is 9.47 Å². The van der Waals surface area contributed by atoms with Crippen LogP contribution in [0.2, 0.25) is 0 Å². The first kappa shape index (κ1) is 19.1. The summed E-state index contributed by atoms with van der Waals surface area (Å²) in [6, 6.07) is 14.7. The molecule has 0 saturated carbocycles. The Morgan fingerprint density at radius 1 is 1.10 bits per heavy atom. The summed E-state index contributed by atoms with van der Waals surface area (Å²) in [5.74, 6) is 1.17. The molecular formula is C22H25N3O4. The van der Waals surface area contributed by atoms with Gasteiger partial charge in [-0.05, 0) is 49.6 Å². The molecule has 2 aliphatic heterocycles. The van der Waals surface area contributed by atoms with Gasteiger partial charge in [-0.3, -0.25) is 4.79 Å².